The van der Waals surface area contributed by atoms with Crippen LogP contribution in [0.2, 0.25) is 0 Å². The quantitative estimate of drug-likeness (QED) is 0.346. The Balaban J connectivity index is 1.33. The standard InChI is InChI=1S/C32H46F3N3/c1-31(2,3)27-13-9-25(10-14-27)17-19-36-20-18-30(26-11-15-28(16-12-26)32(33,34)35)38-23-21-37(22-24-38)29-7-5-4-6-8-29/h9-16,29-30,36H,4-8,17-24H2,1-3H3. The van der Waals surface area contributed by atoms with Crippen LogP contribution in [0.15, 0.2) is 48.5 Å². The molecule has 1 aliphatic heterocycles. The van der Waals surface area contributed by atoms with Crippen molar-refractivity contribution < 1.29 is 13.2 Å². The highest BCUT2D eigenvalue weighted by Crippen LogP contribution is 2.33. The number of benzene rings is 2. The van der Waals surface area contributed by atoms with Gasteiger partial charge >= 0.3 is 6.18 Å². The van der Waals surface area contributed by atoms with Crippen molar-refractivity contribution in [1.82, 2.24) is 15.1 Å². The van der Waals surface area contributed by atoms with Gasteiger partial charge in [0.05, 0.1) is 5.56 Å². The molecule has 0 aromatic heterocycles. The molecule has 1 saturated heterocycles. The minimum atomic E-state index is -4.30. The fourth-order valence-electron chi connectivity index (χ4n) is 6.08. The first-order chi connectivity index (χ1) is 18.1. The highest BCUT2D eigenvalue weighted by Gasteiger charge is 2.32. The number of nitrogens with one attached hydrogen (secondary N) is 1. The van der Waals surface area contributed by atoms with Crippen LogP contribution >= 0.6 is 0 Å². The van der Waals surface area contributed by atoms with Gasteiger partial charge in [-0.1, -0.05) is 76.4 Å². The third-order valence-electron chi connectivity index (χ3n) is 8.51. The van der Waals surface area contributed by atoms with Gasteiger partial charge in [0.25, 0.3) is 0 Å². The number of hydrogen-bond acceptors (Lipinski definition) is 3. The summed E-state index contributed by atoms with van der Waals surface area (Å²) in [4.78, 5) is 5.15. The number of alkyl halides is 3. The topological polar surface area (TPSA) is 18.5 Å². The SMILES string of the molecule is CC(C)(C)c1ccc(CCNCCC(c2ccc(C(F)(F)F)cc2)N2CCN(C3CCCCC3)CC2)cc1. The Labute approximate surface area is 227 Å². The number of nitrogens with zero attached hydrogens (tertiary/aromatic N) is 2. The van der Waals surface area contributed by atoms with Gasteiger partial charge in [0, 0.05) is 38.3 Å². The summed E-state index contributed by atoms with van der Waals surface area (Å²) in [5.41, 5.74) is 3.24. The molecular formula is C32H46F3N3. The summed E-state index contributed by atoms with van der Waals surface area (Å²) >= 11 is 0. The average molecular weight is 530 g/mol. The van der Waals surface area contributed by atoms with Crippen LogP contribution in [0, 0.1) is 0 Å². The van der Waals surface area contributed by atoms with Crippen molar-refractivity contribution in [3.8, 4) is 0 Å². The predicted octanol–water partition coefficient (Wildman–Crippen LogP) is 7.22. The first kappa shape index (κ1) is 29.1. The van der Waals surface area contributed by atoms with Crippen LogP contribution in [0.25, 0.3) is 0 Å². The fourth-order valence-corrected chi connectivity index (χ4v) is 6.08. The third kappa shape index (κ3) is 8.06. The lowest BCUT2D eigenvalue weighted by atomic mass is 9.86. The van der Waals surface area contributed by atoms with E-state index in [0.29, 0.717) is 0 Å². The maximum Gasteiger partial charge on any atom is 0.416 e. The summed E-state index contributed by atoms with van der Waals surface area (Å²) in [6.45, 7) is 12.5. The summed E-state index contributed by atoms with van der Waals surface area (Å²) in [5.74, 6) is 0. The summed E-state index contributed by atoms with van der Waals surface area (Å²) < 4.78 is 39.5. The first-order valence-corrected chi connectivity index (χ1v) is 14.6. The molecule has 0 amide bonds. The Morgan fingerprint density at radius 2 is 1.39 bits per heavy atom. The van der Waals surface area contributed by atoms with Crippen LogP contribution in [0.4, 0.5) is 13.2 Å². The molecule has 2 fully saturated rings. The summed E-state index contributed by atoms with van der Waals surface area (Å²) in [5, 5.41) is 3.60. The minimum absolute atomic E-state index is 0.129. The zero-order valence-electron chi connectivity index (χ0n) is 23.5. The molecule has 1 N–H and O–H groups in total. The Bertz CT molecular complexity index is 965. The smallest absolute Gasteiger partial charge is 0.316 e. The van der Waals surface area contributed by atoms with Crippen LogP contribution < -0.4 is 5.32 Å². The van der Waals surface area contributed by atoms with Gasteiger partial charge in [0.2, 0.25) is 0 Å². The molecule has 4 rings (SSSR count). The summed E-state index contributed by atoms with van der Waals surface area (Å²) in [7, 11) is 0. The van der Waals surface area contributed by atoms with E-state index in [4.69, 9.17) is 0 Å². The second-order valence-corrected chi connectivity index (χ2v) is 12.2. The number of piperazine rings is 1. The minimum Gasteiger partial charge on any atom is -0.316 e. The number of rotatable bonds is 9. The molecule has 0 radical (unpaired) electrons. The van der Waals surface area contributed by atoms with Crippen molar-refractivity contribution in [2.24, 2.45) is 0 Å². The third-order valence-corrected chi connectivity index (χ3v) is 8.51. The monoisotopic (exact) mass is 529 g/mol. The van der Waals surface area contributed by atoms with Gasteiger partial charge in [0.1, 0.15) is 0 Å². The van der Waals surface area contributed by atoms with Gasteiger partial charge in [0.15, 0.2) is 0 Å². The van der Waals surface area contributed by atoms with Crippen LogP contribution in [-0.2, 0) is 18.0 Å². The molecule has 1 heterocycles. The molecule has 3 nitrogen and oxygen atoms in total. The fraction of sp³-hybridized carbons (Fsp3) is 0.625. The molecule has 1 aliphatic carbocycles. The highest BCUT2D eigenvalue weighted by atomic mass is 19.4. The molecule has 2 aliphatic rings. The van der Waals surface area contributed by atoms with E-state index in [2.05, 4.69) is 60.2 Å². The van der Waals surface area contributed by atoms with E-state index in [1.165, 1.54) is 55.4 Å². The lowest BCUT2D eigenvalue weighted by Crippen LogP contribution is -2.51. The molecule has 38 heavy (non-hydrogen) atoms. The van der Waals surface area contributed by atoms with Crippen molar-refractivity contribution in [1.29, 1.82) is 0 Å². The van der Waals surface area contributed by atoms with E-state index >= 15 is 0 Å². The van der Waals surface area contributed by atoms with E-state index in [1.54, 1.807) is 12.1 Å². The number of halogens is 3. The highest BCUT2D eigenvalue weighted by molar-refractivity contribution is 5.28. The summed E-state index contributed by atoms with van der Waals surface area (Å²) in [6, 6.07) is 15.6. The zero-order chi connectivity index (χ0) is 27.2. The molecule has 2 aromatic carbocycles. The van der Waals surface area contributed by atoms with E-state index in [-0.39, 0.29) is 11.5 Å². The molecule has 0 spiro atoms. The van der Waals surface area contributed by atoms with Gasteiger partial charge in [-0.25, -0.2) is 0 Å². The Morgan fingerprint density at radius 3 is 1.97 bits per heavy atom. The van der Waals surface area contributed by atoms with Crippen LogP contribution in [0.5, 0.6) is 0 Å². The zero-order valence-corrected chi connectivity index (χ0v) is 23.5. The Kier molecular flexibility index (Phi) is 9.94. The average Bonchev–Trinajstić information content (AvgIpc) is 2.91. The molecule has 0 bridgehead atoms. The van der Waals surface area contributed by atoms with Crippen molar-refractivity contribution >= 4 is 0 Å². The van der Waals surface area contributed by atoms with Crippen molar-refractivity contribution in [3.05, 3.63) is 70.8 Å². The van der Waals surface area contributed by atoms with Crippen molar-refractivity contribution in [2.75, 3.05) is 39.3 Å². The van der Waals surface area contributed by atoms with Gasteiger partial charge in [-0.05, 0) is 73.0 Å². The second kappa shape index (κ2) is 13.0. The first-order valence-electron chi connectivity index (χ1n) is 14.6. The van der Waals surface area contributed by atoms with Crippen LogP contribution in [0.1, 0.15) is 87.6 Å². The van der Waals surface area contributed by atoms with Gasteiger partial charge in [-0.15, -0.1) is 0 Å². The van der Waals surface area contributed by atoms with Gasteiger partial charge in [-0.2, -0.15) is 13.2 Å². The Morgan fingerprint density at radius 1 is 0.789 bits per heavy atom. The second-order valence-electron chi connectivity index (χ2n) is 12.2. The lowest BCUT2D eigenvalue weighted by Gasteiger charge is -2.43. The van der Waals surface area contributed by atoms with Crippen molar-refractivity contribution in [3.63, 3.8) is 0 Å². The molecule has 210 valence electrons. The predicted molar refractivity (Wildman–Crippen MR) is 151 cm³/mol. The maximum absolute atomic E-state index is 13.2. The van der Waals surface area contributed by atoms with Crippen LogP contribution in [0.3, 0.4) is 0 Å². The van der Waals surface area contributed by atoms with E-state index < -0.39 is 11.7 Å². The molecule has 1 atom stereocenters. The number of hydrogen-bond donors (Lipinski definition) is 1. The van der Waals surface area contributed by atoms with E-state index in [9.17, 15) is 13.2 Å². The van der Waals surface area contributed by atoms with E-state index in [0.717, 1.165) is 63.7 Å². The molecule has 1 unspecified atom stereocenters. The molecular weight excluding hydrogens is 483 g/mol. The normalized spacial score (nSPS) is 19.5. The van der Waals surface area contributed by atoms with Gasteiger partial charge in [-0.3, -0.25) is 9.80 Å². The van der Waals surface area contributed by atoms with E-state index in [1.807, 2.05) is 0 Å². The summed E-state index contributed by atoms with van der Waals surface area (Å²) in [6.07, 6.45) is 4.22. The van der Waals surface area contributed by atoms with Crippen LogP contribution in [-0.4, -0.2) is 55.1 Å². The Hall–Kier alpha value is -1.89. The van der Waals surface area contributed by atoms with Crippen molar-refractivity contribution in [2.45, 2.75) is 89.4 Å². The molecule has 1 saturated carbocycles. The largest absolute Gasteiger partial charge is 0.416 e. The lowest BCUT2D eigenvalue weighted by molar-refractivity contribution is -0.137. The van der Waals surface area contributed by atoms with Gasteiger partial charge < -0.3 is 5.32 Å². The molecule has 6 heteroatoms. The maximum atomic E-state index is 13.2. The molecule has 2 aromatic rings.